The van der Waals surface area contributed by atoms with E-state index in [1.165, 1.54) is 29.5 Å². The predicted molar refractivity (Wildman–Crippen MR) is 96.9 cm³/mol. The molecule has 26 heavy (non-hydrogen) atoms. The quantitative estimate of drug-likeness (QED) is 0.627. The number of nitriles is 1. The van der Waals surface area contributed by atoms with Crippen molar-refractivity contribution in [3.8, 4) is 16.6 Å². The highest BCUT2D eigenvalue weighted by Gasteiger charge is 2.12. The molecule has 0 fully saturated rings. The Balaban J connectivity index is 1.62. The minimum atomic E-state index is -0.507. The molecule has 2 aromatic carbocycles. The molecule has 0 saturated carbocycles. The molecule has 0 bridgehead atoms. The van der Waals surface area contributed by atoms with Gasteiger partial charge in [-0.25, -0.2) is 9.37 Å². The summed E-state index contributed by atoms with van der Waals surface area (Å²) in [6.07, 6.45) is 0.0157. The number of esters is 1. The third-order valence-corrected chi connectivity index (χ3v) is 4.65. The summed E-state index contributed by atoms with van der Waals surface area (Å²) < 4.78 is 18.8. The van der Waals surface area contributed by atoms with Crippen LogP contribution in [0.4, 0.5) is 4.39 Å². The highest BCUT2D eigenvalue weighted by Crippen LogP contribution is 2.24. The Morgan fingerprint density at radius 1 is 1.31 bits per heavy atom. The van der Waals surface area contributed by atoms with E-state index in [-0.39, 0.29) is 18.6 Å². The zero-order valence-electron chi connectivity index (χ0n) is 14.0. The summed E-state index contributed by atoms with van der Waals surface area (Å²) in [6.45, 7) is 1.80. The molecule has 0 atom stereocenters. The number of halogens is 1. The first-order chi connectivity index (χ1) is 12.5. The van der Waals surface area contributed by atoms with Crippen molar-refractivity contribution < 1.29 is 13.9 Å². The number of hydrogen-bond acceptors (Lipinski definition) is 5. The lowest BCUT2D eigenvalue weighted by molar-refractivity contribution is -0.144. The maximum absolute atomic E-state index is 13.7. The Hall–Kier alpha value is -3.04. The van der Waals surface area contributed by atoms with Crippen LogP contribution in [0, 0.1) is 24.1 Å². The van der Waals surface area contributed by atoms with Gasteiger partial charge in [-0.15, -0.1) is 11.3 Å². The summed E-state index contributed by atoms with van der Waals surface area (Å²) in [7, 11) is 0. The number of aromatic nitrogens is 1. The van der Waals surface area contributed by atoms with Gasteiger partial charge in [-0.2, -0.15) is 5.26 Å². The van der Waals surface area contributed by atoms with Crippen LogP contribution < -0.4 is 0 Å². The zero-order valence-corrected chi connectivity index (χ0v) is 14.8. The van der Waals surface area contributed by atoms with Crippen molar-refractivity contribution in [3.63, 3.8) is 0 Å². The normalized spacial score (nSPS) is 10.3. The first-order valence-corrected chi connectivity index (χ1v) is 8.78. The molecule has 0 aliphatic rings. The minimum absolute atomic E-state index is 0.0157. The molecule has 130 valence electrons. The number of ether oxygens (including phenoxy) is 1. The van der Waals surface area contributed by atoms with Crippen LogP contribution in [0.2, 0.25) is 0 Å². The maximum Gasteiger partial charge on any atom is 0.312 e. The summed E-state index contributed by atoms with van der Waals surface area (Å²) in [4.78, 5) is 16.5. The topological polar surface area (TPSA) is 63.0 Å². The molecule has 0 spiro atoms. The standard InChI is InChI=1S/C20H15FN2O2S/c1-13-3-2-4-15(7-13)20-23-17(12-26-20)9-19(24)25-11-16-8-14(10-22)5-6-18(16)21/h2-8,12H,9,11H2,1H3. The van der Waals surface area contributed by atoms with Crippen LogP contribution in [0.3, 0.4) is 0 Å². The molecule has 1 aromatic heterocycles. The van der Waals surface area contributed by atoms with Crippen molar-refractivity contribution in [1.29, 1.82) is 5.26 Å². The average molecular weight is 366 g/mol. The molecule has 1 heterocycles. The molecule has 4 nitrogen and oxygen atoms in total. The smallest absolute Gasteiger partial charge is 0.312 e. The highest BCUT2D eigenvalue weighted by molar-refractivity contribution is 7.13. The van der Waals surface area contributed by atoms with Crippen LogP contribution in [0.15, 0.2) is 47.8 Å². The van der Waals surface area contributed by atoms with E-state index >= 15 is 0 Å². The van der Waals surface area contributed by atoms with Gasteiger partial charge in [-0.1, -0.05) is 23.8 Å². The number of nitrogens with zero attached hydrogens (tertiary/aromatic N) is 2. The maximum atomic E-state index is 13.7. The predicted octanol–water partition coefficient (Wildman–Crippen LogP) is 4.42. The first kappa shape index (κ1) is 17.8. The first-order valence-electron chi connectivity index (χ1n) is 7.91. The molecule has 0 aliphatic heterocycles. The summed E-state index contributed by atoms with van der Waals surface area (Å²) in [5.41, 5.74) is 3.25. The fourth-order valence-electron chi connectivity index (χ4n) is 2.41. The fourth-order valence-corrected chi connectivity index (χ4v) is 3.23. The minimum Gasteiger partial charge on any atom is -0.460 e. The van der Waals surface area contributed by atoms with Crippen molar-refractivity contribution in [2.75, 3.05) is 0 Å². The van der Waals surface area contributed by atoms with Crippen LogP contribution in [-0.2, 0) is 22.6 Å². The number of rotatable bonds is 5. The van der Waals surface area contributed by atoms with Crippen LogP contribution in [-0.4, -0.2) is 11.0 Å². The third kappa shape index (κ3) is 4.32. The van der Waals surface area contributed by atoms with Gasteiger partial charge in [0.05, 0.1) is 23.7 Å². The average Bonchev–Trinajstić information content (AvgIpc) is 3.09. The molecule has 0 saturated heterocycles. The number of hydrogen-bond donors (Lipinski definition) is 0. The lowest BCUT2D eigenvalue weighted by Crippen LogP contribution is -2.09. The van der Waals surface area contributed by atoms with Crippen molar-refractivity contribution in [2.24, 2.45) is 0 Å². The number of aryl methyl sites for hydroxylation is 1. The molecule has 0 aliphatic carbocycles. The number of carbonyl (C=O) groups excluding carboxylic acids is 1. The molecule has 0 radical (unpaired) electrons. The summed E-state index contributed by atoms with van der Waals surface area (Å²) in [5.74, 6) is -1.000. The van der Waals surface area contributed by atoms with E-state index in [9.17, 15) is 9.18 Å². The van der Waals surface area contributed by atoms with Gasteiger partial charge in [-0.05, 0) is 31.2 Å². The van der Waals surface area contributed by atoms with Crippen LogP contribution in [0.1, 0.15) is 22.4 Å². The number of benzene rings is 2. The van der Waals surface area contributed by atoms with Crippen molar-refractivity contribution >= 4 is 17.3 Å². The molecular weight excluding hydrogens is 351 g/mol. The molecule has 3 aromatic rings. The molecule has 6 heteroatoms. The molecule has 0 amide bonds. The van der Waals surface area contributed by atoms with Crippen molar-refractivity contribution in [2.45, 2.75) is 20.0 Å². The van der Waals surface area contributed by atoms with Gasteiger partial charge in [0, 0.05) is 16.5 Å². The lowest BCUT2D eigenvalue weighted by Gasteiger charge is -2.05. The Kier molecular flexibility index (Phi) is 5.40. The van der Waals surface area contributed by atoms with E-state index < -0.39 is 11.8 Å². The van der Waals surface area contributed by atoms with E-state index in [1.807, 2.05) is 42.6 Å². The zero-order chi connectivity index (χ0) is 18.5. The highest BCUT2D eigenvalue weighted by atomic mass is 32.1. The monoisotopic (exact) mass is 366 g/mol. The number of thiazole rings is 1. The number of carbonyl (C=O) groups is 1. The van der Waals surface area contributed by atoms with Crippen LogP contribution in [0.25, 0.3) is 10.6 Å². The Morgan fingerprint density at radius 3 is 2.92 bits per heavy atom. The van der Waals surface area contributed by atoms with E-state index in [2.05, 4.69) is 4.98 Å². The summed E-state index contributed by atoms with van der Waals surface area (Å²) >= 11 is 1.46. The molecular formula is C20H15FN2O2S. The van der Waals surface area contributed by atoms with Crippen LogP contribution >= 0.6 is 11.3 Å². The summed E-state index contributed by atoms with van der Waals surface area (Å²) in [5, 5.41) is 11.5. The SMILES string of the molecule is Cc1cccc(-c2nc(CC(=O)OCc3cc(C#N)ccc3F)cs2)c1. The fraction of sp³-hybridized carbons (Fsp3) is 0.150. The second-order valence-corrected chi connectivity index (χ2v) is 6.63. The second kappa shape index (κ2) is 7.89. The van der Waals surface area contributed by atoms with Crippen LogP contribution in [0.5, 0.6) is 0 Å². The van der Waals surface area contributed by atoms with Gasteiger partial charge < -0.3 is 4.74 Å². The van der Waals surface area contributed by atoms with Gasteiger partial charge >= 0.3 is 5.97 Å². The lowest BCUT2D eigenvalue weighted by atomic mass is 10.1. The summed E-state index contributed by atoms with van der Waals surface area (Å²) in [6, 6.07) is 13.8. The van der Waals surface area contributed by atoms with E-state index in [1.54, 1.807) is 0 Å². The Morgan fingerprint density at radius 2 is 2.15 bits per heavy atom. The second-order valence-electron chi connectivity index (χ2n) is 5.77. The van der Waals surface area contributed by atoms with E-state index in [0.717, 1.165) is 16.1 Å². The van der Waals surface area contributed by atoms with Gasteiger partial charge in [-0.3, -0.25) is 4.79 Å². The largest absolute Gasteiger partial charge is 0.460 e. The van der Waals surface area contributed by atoms with Gasteiger partial charge in [0.25, 0.3) is 0 Å². The van der Waals surface area contributed by atoms with E-state index in [4.69, 9.17) is 10.00 Å². The molecule has 0 N–H and O–H groups in total. The molecule has 0 unspecified atom stereocenters. The third-order valence-electron chi connectivity index (χ3n) is 3.71. The van der Waals surface area contributed by atoms with Crippen molar-refractivity contribution in [1.82, 2.24) is 4.98 Å². The Bertz CT molecular complexity index is 991. The van der Waals surface area contributed by atoms with Gasteiger partial charge in [0.15, 0.2) is 0 Å². The van der Waals surface area contributed by atoms with E-state index in [0.29, 0.717) is 11.3 Å². The van der Waals surface area contributed by atoms with Gasteiger partial charge in [0.1, 0.15) is 17.4 Å². The molecule has 3 rings (SSSR count). The van der Waals surface area contributed by atoms with Gasteiger partial charge in [0.2, 0.25) is 0 Å². The Labute approximate surface area is 154 Å². The van der Waals surface area contributed by atoms with Crippen molar-refractivity contribution in [3.05, 3.63) is 76.0 Å².